The highest BCUT2D eigenvalue weighted by Gasteiger charge is 2.15. The first-order chi connectivity index (χ1) is 13.3. The second-order valence-electron chi connectivity index (χ2n) is 6.34. The second kappa shape index (κ2) is 8.59. The molecular weight excluding hydrogens is 399 g/mol. The third-order valence-corrected chi connectivity index (χ3v) is 4.74. The monoisotopic (exact) mass is 416 g/mol. The number of nitrogens with one attached hydrogen (secondary N) is 1. The molecule has 0 aliphatic rings. The third kappa shape index (κ3) is 4.61. The van der Waals surface area contributed by atoms with Gasteiger partial charge in [-0.2, -0.15) is 0 Å². The Balaban J connectivity index is 1.76. The van der Waals surface area contributed by atoms with Gasteiger partial charge in [0.05, 0.1) is 10.0 Å². The minimum absolute atomic E-state index is 0.107. The van der Waals surface area contributed by atoms with Crippen LogP contribution in [0.3, 0.4) is 0 Å². The minimum Gasteiger partial charge on any atom is -0.482 e. The number of nitrogens with zero attached hydrogens (tertiary/aromatic N) is 1. The first kappa shape index (κ1) is 20.1. The number of amides is 1. The molecule has 1 amide bonds. The van der Waals surface area contributed by atoms with Crippen molar-refractivity contribution in [2.75, 3.05) is 6.61 Å². The highest BCUT2D eigenvalue weighted by atomic mass is 35.5. The number of pyridine rings is 1. The average molecular weight is 417 g/mol. The molecule has 0 aliphatic carbocycles. The maximum Gasteiger partial charge on any atom is 0.217 e. The van der Waals surface area contributed by atoms with Crippen LogP contribution in [0.2, 0.25) is 10.0 Å². The predicted octanol–water partition coefficient (Wildman–Crippen LogP) is 4.75. The SMILES string of the molecule is CC(=O)NCc1ccc(C(=O)COc2c(Cl)cc(Cl)c3ccc(C)nc23)cc1. The average Bonchev–Trinajstić information content (AvgIpc) is 2.66. The summed E-state index contributed by atoms with van der Waals surface area (Å²) in [6.45, 7) is 3.54. The van der Waals surface area contributed by atoms with Crippen molar-refractivity contribution in [3.05, 3.63) is 69.3 Å². The lowest BCUT2D eigenvalue weighted by Crippen LogP contribution is -2.19. The minimum atomic E-state index is -0.196. The van der Waals surface area contributed by atoms with E-state index in [1.54, 1.807) is 30.3 Å². The van der Waals surface area contributed by atoms with Crippen LogP contribution < -0.4 is 10.1 Å². The standard InChI is InChI=1S/C21H18Cl2N2O3/c1-12-3-8-16-17(22)9-18(23)21(20(16)25-12)28-11-19(27)15-6-4-14(5-7-15)10-24-13(2)26/h3-9H,10-11H2,1-2H3,(H,24,26). The molecule has 0 unspecified atom stereocenters. The number of hydrogen-bond donors (Lipinski definition) is 1. The summed E-state index contributed by atoms with van der Waals surface area (Å²) in [5.74, 6) is 0.0303. The van der Waals surface area contributed by atoms with Gasteiger partial charge >= 0.3 is 0 Å². The summed E-state index contributed by atoms with van der Waals surface area (Å²) in [7, 11) is 0. The molecule has 0 spiro atoms. The molecule has 1 aromatic heterocycles. The Hall–Kier alpha value is -2.63. The van der Waals surface area contributed by atoms with Crippen molar-refractivity contribution in [2.45, 2.75) is 20.4 Å². The zero-order valence-electron chi connectivity index (χ0n) is 15.4. The van der Waals surface area contributed by atoms with E-state index in [0.717, 1.165) is 11.3 Å². The highest BCUT2D eigenvalue weighted by Crippen LogP contribution is 2.37. The van der Waals surface area contributed by atoms with Crippen LogP contribution >= 0.6 is 23.2 Å². The largest absolute Gasteiger partial charge is 0.482 e. The van der Waals surface area contributed by atoms with Gasteiger partial charge in [0.15, 0.2) is 18.1 Å². The topological polar surface area (TPSA) is 68.3 Å². The fourth-order valence-electron chi connectivity index (χ4n) is 2.68. The number of Topliss-reactive ketones (excluding diaryl/α,β-unsaturated/α-hetero) is 1. The lowest BCUT2D eigenvalue weighted by atomic mass is 10.1. The summed E-state index contributed by atoms with van der Waals surface area (Å²) in [6.07, 6.45) is 0. The number of ketones is 1. The third-order valence-electron chi connectivity index (χ3n) is 4.14. The van der Waals surface area contributed by atoms with E-state index < -0.39 is 0 Å². The maximum atomic E-state index is 12.5. The van der Waals surface area contributed by atoms with E-state index in [0.29, 0.717) is 38.8 Å². The first-order valence-corrected chi connectivity index (χ1v) is 9.35. The van der Waals surface area contributed by atoms with Crippen molar-refractivity contribution in [3.8, 4) is 5.75 Å². The molecule has 144 valence electrons. The second-order valence-corrected chi connectivity index (χ2v) is 7.15. The van der Waals surface area contributed by atoms with Crippen LogP contribution in [0.4, 0.5) is 0 Å². The zero-order chi connectivity index (χ0) is 20.3. The Morgan fingerprint density at radius 1 is 1.07 bits per heavy atom. The lowest BCUT2D eigenvalue weighted by molar-refractivity contribution is -0.119. The van der Waals surface area contributed by atoms with Gasteiger partial charge in [-0.05, 0) is 30.7 Å². The molecule has 3 rings (SSSR count). The molecule has 0 bridgehead atoms. The Morgan fingerprint density at radius 3 is 2.46 bits per heavy atom. The maximum absolute atomic E-state index is 12.5. The molecule has 1 N–H and O–H groups in total. The van der Waals surface area contributed by atoms with E-state index >= 15 is 0 Å². The van der Waals surface area contributed by atoms with E-state index in [2.05, 4.69) is 10.3 Å². The van der Waals surface area contributed by atoms with Gasteiger partial charge < -0.3 is 10.1 Å². The van der Waals surface area contributed by atoms with Crippen molar-refractivity contribution in [1.82, 2.24) is 10.3 Å². The number of carbonyl (C=O) groups is 2. The van der Waals surface area contributed by atoms with Gasteiger partial charge in [0.1, 0.15) is 5.52 Å². The summed E-state index contributed by atoms with van der Waals surface area (Å²) in [6, 6.07) is 12.3. The summed E-state index contributed by atoms with van der Waals surface area (Å²) in [4.78, 5) is 27.9. The number of ether oxygens (including phenoxy) is 1. The van der Waals surface area contributed by atoms with E-state index in [1.165, 1.54) is 6.92 Å². The molecule has 28 heavy (non-hydrogen) atoms. The Bertz CT molecular complexity index is 1050. The molecule has 2 aromatic carbocycles. The number of aryl methyl sites for hydroxylation is 1. The van der Waals surface area contributed by atoms with Crippen LogP contribution in [0, 0.1) is 6.92 Å². The predicted molar refractivity (Wildman–Crippen MR) is 110 cm³/mol. The Morgan fingerprint density at radius 2 is 1.79 bits per heavy atom. The van der Waals surface area contributed by atoms with Crippen molar-refractivity contribution in [2.24, 2.45) is 0 Å². The molecular formula is C21H18Cl2N2O3. The van der Waals surface area contributed by atoms with Crippen LogP contribution in [-0.2, 0) is 11.3 Å². The normalized spacial score (nSPS) is 10.7. The molecule has 0 radical (unpaired) electrons. The highest BCUT2D eigenvalue weighted by molar-refractivity contribution is 6.39. The number of rotatable bonds is 6. The van der Waals surface area contributed by atoms with Crippen molar-refractivity contribution >= 4 is 45.8 Å². The molecule has 0 atom stereocenters. The summed E-state index contributed by atoms with van der Waals surface area (Å²) >= 11 is 12.5. The van der Waals surface area contributed by atoms with Gasteiger partial charge in [0.2, 0.25) is 5.91 Å². The number of halogens is 2. The quantitative estimate of drug-likeness (QED) is 0.588. The van der Waals surface area contributed by atoms with Crippen LogP contribution in [0.5, 0.6) is 5.75 Å². The fourth-order valence-corrected chi connectivity index (χ4v) is 3.25. The number of hydrogen-bond acceptors (Lipinski definition) is 4. The number of aromatic nitrogens is 1. The smallest absolute Gasteiger partial charge is 0.217 e. The van der Waals surface area contributed by atoms with Gasteiger partial charge in [-0.15, -0.1) is 0 Å². The number of carbonyl (C=O) groups excluding carboxylic acids is 2. The molecule has 5 nitrogen and oxygen atoms in total. The van der Waals surface area contributed by atoms with Crippen molar-refractivity contribution < 1.29 is 14.3 Å². The molecule has 0 saturated heterocycles. The fraction of sp³-hybridized carbons (Fsp3) is 0.190. The summed E-state index contributed by atoms with van der Waals surface area (Å²) in [5.41, 5.74) is 2.72. The van der Waals surface area contributed by atoms with Crippen LogP contribution in [-0.4, -0.2) is 23.3 Å². The van der Waals surface area contributed by atoms with E-state index in [-0.39, 0.29) is 18.3 Å². The van der Waals surface area contributed by atoms with E-state index in [4.69, 9.17) is 27.9 Å². The van der Waals surface area contributed by atoms with Gasteiger partial charge in [-0.25, -0.2) is 4.98 Å². The van der Waals surface area contributed by atoms with Crippen LogP contribution in [0.1, 0.15) is 28.5 Å². The number of fused-ring (bicyclic) bond motifs is 1. The van der Waals surface area contributed by atoms with E-state index in [1.807, 2.05) is 19.1 Å². The van der Waals surface area contributed by atoms with Gasteiger partial charge in [0.25, 0.3) is 0 Å². The lowest BCUT2D eigenvalue weighted by Gasteiger charge is -2.12. The zero-order valence-corrected chi connectivity index (χ0v) is 16.9. The summed E-state index contributed by atoms with van der Waals surface area (Å²) < 4.78 is 5.73. The van der Waals surface area contributed by atoms with Crippen LogP contribution in [0.15, 0.2) is 42.5 Å². The molecule has 1 heterocycles. The van der Waals surface area contributed by atoms with Crippen LogP contribution in [0.25, 0.3) is 10.9 Å². The van der Waals surface area contributed by atoms with Gasteiger partial charge in [-0.3, -0.25) is 9.59 Å². The molecule has 0 saturated carbocycles. The Kier molecular flexibility index (Phi) is 6.17. The number of benzene rings is 2. The van der Waals surface area contributed by atoms with Crippen molar-refractivity contribution in [1.29, 1.82) is 0 Å². The first-order valence-electron chi connectivity index (χ1n) is 8.60. The van der Waals surface area contributed by atoms with Gasteiger partial charge in [-0.1, -0.05) is 47.5 Å². The molecule has 7 heteroatoms. The Labute approximate surface area is 172 Å². The van der Waals surface area contributed by atoms with E-state index in [9.17, 15) is 9.59 Å². The summed E-state index contributed by atoms with van der Waals surface area (Å²) in [5, 5.41) is 4.19. The molecule has 3 aromatic rings. The molecule has 0 aliphatic heterocycles. The molecule has 0 fully saturated rings. The van der Waals surface area contributed by atoms with Gasteiger partial charge in [0, 0.05) is 30.1 Å². The van der Waals surface area contributed by atoms with Crippen molar-refractivity contribution in [3.63, 3.8) is 0 Å².